The van der Waals surface area contributed by atoms with E-state index >= 15 is 0 Å². The van der Waals surface area contributed by atoms with Crippen molar-refractivity contribution >= 4 is 0 Å². The molecule has 0 bridgehead atoms. The number of benzene rings is 2. The first-order valence-electron chi connectivity index (χ1n) is 8.67. The standard InChI is InChI=1S/C20H18FN5O/c1-2-15-9-18(7-8-19(15)16-10-22-23-11-16)26-20(27)25(13-24-26)12-14-3-5-17(21)6-4-14/h3-11,13H,2,12H2,1H3,(H,22,23). The molecule has 2 heterocycles. The number of hydrogen-bond acceptors (Lipinski definition) is 3. The molecule has 27 heavy (non-hydrogen) atoms. The summed E-state index contributed by atoms with van der Waals surface area (Å²) in [5.74, 6) is -0.299. The molecule has 0 amide bonds. The van der Waals surface area contributed by atoms with Gasteiger partial charge in [0.25, 0.3) is 0 Å². The molecule has 4 rings (SSSR count). The van der Waals surface area contributed by atoms with Gasteiger partial charge in [-0.25, -0.2) is 9.18 Å². The SMILES string of the molecule is CCc1cc(-n2ncn(Cc3ccc(F)cc3)c2=O)ccc1-c1cn[nH]c1. The summed E-state index contributed by atoms with van der Waals surface area (Å²) in [4.78, 5) is 12.7. The first-order chi connectivity index (χ1) is 13.2. The van der Waals surface area contributed by atoms with E-state index in [2.05, 4.69) is 22.2 Å². The number of aromatic nitrogens is 5. The van der Waals surface area contributed by atoms with Crippen LogP contribution in [0.3, 0.4) is 0 Å². The number of aryl methyl sites for hydroxylation is 1. The number of aromatic amines is 1. The zero-order valence-electron chi connectivity index (χ0n) is 14.8. The fraction of sp³-hybridized carbons (Fsp3) is 0.150. The van der Waals surface area contributed by atoms with Gasteiger partial charge in [-0.2, -0.15) is 14.9 Å². The van der Waals surface area contributed by atoms with Crippen LogP contribution in [-0.2, 0) is 13.0 Å². The lowest BCUT2D eigenvalue weighted by atomic mass is 10.00. The minimum atomic E-state index is -0.299. The van der Waals surface area contributed by atoms with E-state index in [4.69, 9.17) is 0 Å². The molecule has 6 nitrogen and oxygen atoms in total. The van der Waals surface area contributed by atoms with Crippen LogP contribution in [0, 0.1) is 5.82 Å². The van der Waals surface area contributed by atoms with Gasteiger partial charge in [0.1, 0.15) is 12.1 Å². The second kappa shape index (κ2) is 7.03. The van der Waals surface area contributed by atoms with Crippen molar-refractivity contribution in [2.45, 2.75) is 19.9 Å². The summed E-state index contributed by atoms with van der Waals surface area (Å²) >= 11 is 0. The van der Waals surface area contributed by atoms with Gasteiger partial charge in [0.05, 0.1) is 18.4 Å². The van der Waals surface area contributed by atoms with E-state index in [1.54, 1.807) is 18.3 Å². The van der Waals surface area contributed by atoms with E-state index in [0.29, 0.717) is 12.2 Å². The number of halogens is 1. The first kappa shape index (κ1) is 17.0. The number of nitrogens with one attached hydrogen (secondary N) is 1. The summed E-state index contributed by atoms with van der Waals surface area (Å²) in [6.45, 7) is 2.41. The van der Waals surface area contributed by atoms with Gasteiger partial charge in [-0.05, 0) is 47.4 Å². The molecular weight excluding hydrogens is 345 g/mol. The number of rotatable bonds is 5. The van der Waals surface area contributed by atoms with Gasteiger partial charge in [0.15, 0.2) is 0 Å². The van der Waals surface area contributed by atoms with Crippen molar-refractivity contribution in [1.29, 1.82) is 0 Å². The highest BCUT2D eigenvalue weighted by atomic mass is 19.1. The Morgan fingerprint density at radius 3 is 2.67 bits per heavy atom. The Hall–Kier alpha value is -3.48. The van der Waals surface area contributed by atoms with Crippen molar-refractivity contribution < 1.29 is 4.39 Å². The highest BCUT2D eigenvalue weighted by molar-refractivity contribution is 5.67. The molecule has 0 saturated carbocycles. The normalized spacial score (nSPS) is 11.0. The van der Waals surface area contributed by atoms with Crippen molar-refractivity contribution in [3.8, 4) is 16.8 Å². The Labute approximate surface area is 154 Å². The van der Waals surface area contributed by atoms with Crippen molar-refractivity contribution in [2.24, 2.45) is 0 Å². The second-order valence-electron chi connectivity index (χ2n) is 6.26. The van der Waals surface area contributed by atoms with Gasteiger partial charge in [0, 0.05) is 11.8 Å². The topological polar surface area (TPSA) is 68.5 Å². The van der Waals surface area contributed by atoms with Gasteiger partial charge in [0.2, 0.25) is 0 Å². The van der Waals surface area contributed by atoms with E-state index in [1.807, 2.05) is 24.4 Å². The van der Waals surface area contributed by atoms with Gasteiger partial charge < -0.3 is 0 Å². The highest BCUT2D eigenvalue weighted by Crippen LogP contribution is 2.25. The Morgan fingerprint density at radius 1 is 1.15 bits per heavy atom. The van der Waals surface area contributed by atoms with Gasteiger partial charge in [-0.1, -0.05) is 25.1 Å². The molecule has 2 aromatic carbocycles. The minimum Gasteiger partial charge on any atom is -0.285 e. The minimum absolute atomic E-state index is 0.238. The Balaban J connectivity index is 1.67. The predicted octanol–water partition coefficient (Wildman–Crippen LogP) is 3.17. The van der Waals surface area contributed by atoms with E-state index < -0.39 is 0 Å². The maximum atomic E-state index is 13.0. The van der Waals surface area contributed by atoms with Crippen molar-refractivity contribution in [3.63, 3.8) is 0 Å². The zero-order chi connectivity index (χ0) is 18.8. The summed E-state index contributed by atoms with van der Waals surface area (Å²) in [6.07, 6.45) is 5.94. The molecule has 0 atom stereocenters. The molecule has 136 valence electrons. The molecule has 2 aromatic heterocycles. The molecule has 0 spiro atoms. The van der Waals surface area contributed by atoms with Crippen LogP contribution in [0.2, 0.25) is 0 Å². The quantitative estimate of drug-likeness (QED) is 0.592. The molecule has 0 aliphatic carbocycles. The van der Waals surface area contributed by atoms with Crippen LogP contribution in [-0.4, -0.2) is 24.5 Å². The summed E-state index contributed by atoms with van der Waals surface area (Å²) in [6, 6.07) is 11.9. The van der Waals surface area contributed by atoms with Crippen LogP contribution in [0.5, 0.6) is 0 Å². The summed E-state index contributed by atoms with van der Waals surface area (Å²) in [7, 11) is 0. The van der Waals surface area contributed by atoms with E-state index in [9.17, 15) is 9.18 Å². The molecule has 0 unspecified atom stereocenters. The molecule has 0 saturated heterocycles. The molecular formula is C20H18FN5O. The lowest BCUT2D eigenvalue weighted by molar-refractivity contribution is 0.626. The Kier molecular flexibility index (Phi) is 4.42. The first-order valence-corrected chi connectivity index (χ1v) is 8.67. The Bertz CT molecular complexity index is 1110. The average molecular weight is 363 g/mol. The van der Waals surface area contributed by atoms with Gasteiger partial charge in [-0.15, -0.1) is 0 Å². The summed E-state index contributed by atoms with van der Waals surface area (Å²) < 4.78 is 15.9. The number of nitrogens with zero attached hydrogens (tertiary/aromatic N) is 4. The average Bonchev–Trinajstić information content (AvgIpc) is 3.34. The third-order valence-corrected chi connectivity index (χ3v) is 4.52. The smallest absolute Gasteiger partial charge is 0.285 e. The highest BCUT2D eigenvalue weighted by Gasteiger charge is 2.11. The van der Waals surface area contributed by atoms with Gasteiger partial charge in [-0.3, -0.25) is 9.67 Å². The molecule has 0 fully saturated rings. The van der Waals surface area contributed by atoms with Crippen LogP contribution in [0.25, 0.3) is 16.8 Å². The van der Waals surface area contributed by atoms with Crippen LogP contribution in [0.4, 0.5) is 4.39 Å². The van der Waals surface area contributed by atoms with Crippen molar-refractivity contribution in [3.05, 3.63) is 88.6 Å². The lowest BCUT2D eigenvalue weighted by Crippen LogP contribution is -2.24. The van der Waals surface area contributed by atoms with Crippen LogP contribution in [0.15, 0.2) is 66.0 Å². The lowest BCUT2D eigenvalue weighted by Gasteiger charge is -2.08. The number of hydrogen-bond donors (Lipinski definition) is 1. The van der Waals surface area contributed by atoms with Crippen molar-refractivity contribution in [2.75, 3.05) is 0 Å². The van der Waals surface area contributed by atoms with Crippen LogP contribution >= 0.6 is 0 Å². The maximum absolute atomic E-state index is 13.0. The van der Waals surface area contributed by atoms with Crippen molar-refractivity contribution in [1.82, 2.24) is 24.5 Å². The second-order valence-corrected chi connectivity index (χ2v) is 6.26. The monoisotopic (exact) mass is 363 g/mol. The molecule has 0 aliphatic rings. The number of H-pyrrole nitrogens is 1. The Morgan fingerprint density at radius 2 is 1.96 bits per heavy atom. The molecule has 1 N–H and O–H groups in total. The van der Waals surface area contributed by atoms with E-state index in [0.717, 1.165) is 28.7 Å². The maximum Gasteiger partial charge on any atom is 0.350 e. The van der Waals surface area contributed by atoms with Gasteiger partial charge >= 0.3 is 5.69 Å². The summed E-state index contributed by atoms with van der Waals surface area (Å²) in [5, 5.41) is 11.1. The van der Waals surface area contributed by atoms with E-state index in [1.165, 1.54) is 27.7 Å². The fourth-order valence-electron chi connectivity index (χ4n) is 3.09. The third kappa shape index (κ3) is 3.31. The molecule has 0 radical (unpaired) electrons. The van der Waals surface area contributed by atoms with Crippen LogP contribution in [0.1, 0.15) is 18.1 Å². The zero-order valence-corrected chi connectivity index (χ0v) is 14.8. The predicted molar refractivity (Wildman–Crippen MR) is 100 cm³/mol. The third-order valence-electron chi connectivity index (χ3n) is 4.52. The molecule has 4 aromatic rings. The molecule has 7 heteroatoms. The summed E-state index contributed by atoms with van der Waals surface area (Å²) in [5.41, 5.74) is 4.50. The van der Waals surface area contributed by atoms with E-state index in [-0.39, 0.29) is 11.5 Å². The molecule has 0 aliphatic heterocycles. The fourth-order valence-corrected chi connectivity index (χ4v) is 3.09. The largest absolute Gasteiger partial charge is 0.350 e. The van der Waals surface area contributed by atoms with Crippen LogP contribution < -0.4 is 5.69 Å².